The summed E-state index contributed by atoms with van der Waals surface area (Å²) < 4.78 is 6.23. The van der Waals surface area contributed by atoms with Crippen LogP contribution in [0.15, 0.2) is 54.1 Å². The molecule has 0 aliphatic heterocycles. The molecule has 1 aliphatic rings. The number of hydrogen-bond acceptors (Lipinski definition) is 1. The second-order valence-electron chi connectivity index (χ2n) is 6.05. The zero-order valence-corrected chi connectivity index (χ0v) is 13.8. The highest BCUT2D eigenvalue weighted by atomic mass is 16.5. The molecule has 1 nitrogen and oxygen atoms in total. The zero-order chi connectivity index (χ0) is 16.2. The maximum absolute atomic E-state index is 6.23. The molecule has 23 heavy (non-hydrogen) atoms. The van der Waals surface area contributed by atoms with Crippen LogP contribution in [0.2, 0.25) is 0 Å². The van der Waals surface area contributed by atoms with E-state index in [9.17, 15) is 0 Å². The highest BCUT2D eigenvalue weighted by molar-refractivity contribution is 5.72. The Balaban J connectivity index is 1.79. The molecule has 0 saturated carbocycles. The lowest BCUT2D eigenvalue weighted by molar-refractivity contribution is 0.214. The third-order valence-electron chi connectivity index (χ3n) is 4.52. The van der Waals surface area contributed by atoms with Crippen molar-refractivity contribution in [2.24, 2.45) is 0 Å². The van der Waals surface area contributed by atoms with Crippen LogP contribution in [0.25, 0.3) is 5.57 Å². The molecule has 1 aliphatic carbocycles. The van der Waals surface area contributed by atoms with Crippen LogP contribution in [0.5, 0.6) is 5.75 Å². The number of hydrogen-bond donors (Lipinski definition) is 0. The van der Waals surface area contributed by atoms with Gasteiger partial charge in [-0.2, -0.15) is 0 Å². The van der Waals surface area contributed by atoms with Crippen LogP contribution in [-0.2, 0) is 12.8 Å². The van der Waals surface area contributed by atoms with Gasteiger partial charge in [-0.1, -0.05) is 49.2 Å². The van der Waals surface area contributed by atoms with Gasteiger partial charge in [0.1, 0.15) is 11.9 Å². The van der Waals surface area contributed by atoms with E-state index in [2.05, 4.69) is 49.2 Å². The van der Waals surface area contributed by atoms with Gasteiger partial charge < -0.3 is 4.74 Å². The predicted octanol–water partition coefficient (Wildman–Crippen LogP) is 5.05. The molecule has 0 atom stereocenters. The Morgan fingerprint density at radius 2 is 1.83 bits per heavy atom. The molecule has 0 bridgehead atoms. The van der Waals surface area contributed by atoms with Gasteiger partial charge in [-0.25, -0.2) is 0 Å². The molecule has 0 heterocycles. The van der Waals surface area contributed by atoms with Crippen molar-refractivity contribution in [1.82, 2.24) is 0 Å². The summed E-state index contributed by atoms with van der Waals surface area (Å²) in [5, 5.41) is 0. The first-order valence-corrected chi connectivity index (χ1v) is 8.21. The van der Waals surface area contributed by atoms with E-state index in [1.807, 2.05) is 19.1 Å². The topological polar surface area (TPSA) is 9.23 Å². The zero-order valence-electron chi connectivity index (χ0n) is 13.8. The summed E-state index contributed by atoms with van der Waals surface area (Å²) in [6.45, 7) is 4.14. The van der Waals surface area contributed by atoms with Crippen molar-refractivity contribution < 1.29 is 4.74 Å². The number of allylic oxidation sites excluding steroid dienone is 2. The largest absolute Gasteiger partial charge is 0.490 e. The number of benzene rings is 2. The Bertz CT molecular complexity index is 752. The fourth-order valence-corrected chi connectivity index (χ4v) is 3.32. The van der Waals surface area contributed by atoms with Crippen molar-refractivity contribution in [3.8, 4) is 18.1 Å². The molecule has 1 heteroatoms. The fraction of sp³-hybridized carbons (Fsp3) is 0.273. The first-order valence-electron chi connectivity index (χ1n) is 8.21. The lowest BCUT2D eigenvalue weighted by atomic mass is 9.98. The van der Waals surface area contributed by atoms with Crippen LogP contribution in [0, 0.1) is 12.3 Å². The minimum Gasteiger partial charge on any atom is -0.490 e. The Labute approximate surface area is 139 Å². The Kier molecular flexibility index (Phi) is 4.53. The summed E-state index contributed by atoms with van der Waals surface area (Å²) >= 11 is 0. The van der Waals surface area contributed by atoms with Crippen LogP contribution in [0.1, 0.15) is 37.0 Å². The predicted molar refractivity (Wildman–Crippen MR) is 96.4 cm³/mol. The second-order valence-corrected chi connectivity index (χ2v) is 6.05. The first-order chi connectivity index (χ1) is 11.2. The summed E-state index contributed by atoms with van der Waals surface area (Å²) in [4.78, 5) is 0. The maximum Gasteiger partial charge on any atom is 0.120 e. The van der Waals surface area contributed by atoms with Crippen LogP contribution in [-0.4, -0.2) is 6.10 Å². The van der Waals surface area contributed by atoms with Gasteiger partial charge >= 0.3 is 0 Å². The van der Waals surface area contributed by atoms with Crippen molar-refractivity contribution in [3.05, 3.63) is 70.8 Å². The molecule has 3 rings (SSSR count). The number of terminal acetylenes is 1. The smallest absolute Gasteiger partial charge is 0.120 e. The molecule has 0 amide bonds. The highest BCUT2D eigenvalue weighted by Gasteiger charge is 2.22. The van der Waals surface area contributed by atoms with Gasteiger partial charge in [0, 0.05) is 18.4 Å². The third-order valence-corrected chi connectivity index (χ3v) is 4.52. The van der Waals surface area contributed by atoms with Crippen LogP contribution >= 0.6 is 0 Å². The van der Waals surface area contributed by atoms with Crippen molar-refractivity contribution in [2.45, 2.75) is 39.2 Å². The monoisotopic (exact) mass is 302 g/mol. The van der Waals surface area contributed by atoms with Gasteiger partial charge in [-0.15, -0.1) is 6.42 Å². The third kappa shape index (κ3) is 3.32. The van der Waals surface area contributed by atoms with Gasteiger partial charge in [0.25, 0.3) is 0 Å². The quantitative estimate of drug-likeness (QED) is 0.718. The van der Waals surface area contributed by atoms with Crippen molar-refractivity contribution in [1.29, 1.82) is 0 Å². The Morgan fingerprint density at radius 1 is 1.13 bits per heavy atom. The van der Waals surface area contributed by atoms with Gasteiger partial charge in [-0.3, -0.25) is 0 Å². The molecule has 2 aromatic rings. The summed E-state index contributed by atoms with van der Waals surface area (Å²) in [5.41, 5.74) is 6.19. The van der Waals surface area contributed by atoms with E-state index in [1.165, 1.54) is 16.7 Å². The molecule has 0 unspecified atom stereocenters. The molecular formula is C22H22O. The lowest BCUT2D eigenvalue weighted by Crippen LogP contribution is -2.16. The van der Waals surface area contributed by atoms with Gasteiger partial charge in [0.15, 0.2) is 0 Å². The molecular weight excluding hydrogens is 280 g/mol. The van der Waals surface area contributed by atoms with Gasteiger partial charge in [-0.05, 0) is 47.7 Å². The van der Waals surface area contributed by atoms with E-state index >= 15 is 0 Å². The minimum absolute atomic E-state index is 0.227. The van der Waals surface area contributed by atoms with Gasteiger partial charge in [0.2, 0.25) is 0 Å². The molecule has 0 saturated heterocycles. The molecule has 116 valence electrons. The summed E-state index contributed by atoms with van der Waals surface area (Å²) in [6, 6.07) is 16.9. The van der Waals surface area contributed by atoms with Crippen LogP contribution in [0.3, 0.4) is 0 Å². The van der Waals surface area contributed by atoms with E-state index < -0.39 is 0 Å². The molecule has 2 aromatic carbocycles. The van der Waals surface area contributed by atoms with E-state index in [4.69, 9.17) is 11.2 Å². The summed E-state index contributed by atoms with van der Waals surface area (Å²) in [7, 11) is 0. The van der Waals surface area contributed by atoms with E-state index in [0.717, 1.165) is 36.1 Å². The molecule has 0 fully saturated rings. The van der Waals surface area contributed by atoms with Crippen molar-refractivity contribution in [3.63, 3.8) is 0 Å². The van der Waals surface area contributed by atoms with Crippen molar-refractivity contribution in [2.75, 3.05) is 0 Å². The van der Waals surface area contributed by atoms with Crippen molar-refractivity contribution >= 4 is 5.57 Å². The van der Waals surface area contributed by atoms with E-state index in [-0.39, 0.29) is 6.10 Å². The lowest BCUT2D eigenvalue weighted by Gasteiger charge is -2.15. The SMILES string of the molecule is C#C/C(C)=C(/CC)c1cccc(OC2Cc3ccccc3C2)c1. The molecule has 0 radical (unpaired) electrons. The van der Waals surface area contributed by atoms with Crippen LogP contribution < -0.4 is 4.74 Å². The average Bonchev–Trinajstić information content (AvgIpc) is 2.98. The Morgan fingerprint density at radius 3 is 2.43 bits per heavy atom. The molecule has 0 spiro atoms. The number of rotatable bonds is 4. The van der Waals surface area contributed by atoms with E-state index in [1.54, 1.807) is 0 Å². The number of fused-ring (bicyclic) bond motifs is 1. The summed E-state index contributed by atoms with van der Waals surface area (Å²) in [5.74, 6) is 3.68. The standard InChI is InChI=1S/C22H22O/c1-4-16(3)22(5-2)19-11-8-12-20(15-19)23-21-13-17-9-6-7-10-18(17)14-21/h1,6-12,15,21H,5,13-14H2,2-3H3/b22-16-. The fourth-order valence-electron chi connectivity index (χ4n) is 3.32. The van der Waals surface area contributed by atoms with Crippen LogP contribution in [0.4, 0.5) is 0 Å². The number of ether oxygens (including phenoxy) is 1. The average molecular weight is 302 g/mol. The molecule has 0 aromatic heterocycles. The van der Waals surface area contributed by atoms with E-state index in [0.29, 0.717) is 0 Å². The second kappa shape index (κ2) is 6.75. The minimum atomic E-state index is 0.227. The highest BCUT2D eigenvalue weighted by Crippen LogP contribution is 2.29. The van der Waals surface area contributed by atoms with Gasteiger partial charge in [0.05, 0.1) is 0 Å². The normalized spacial score (nSPS) is 14.8. The Hall–Kier alpha value is -2.46. The maximum atomic E-state index is 6.23. The first kappa shape index (κ1) is 15.4. The molecule has 0 N–H and O–H groups in total. The summed E-state index contributed by atoms with van der Waals surface area (Å²) in [6.07, 6.45) is 8.69.